The zero-order chi connectivity index (χ0) is 36.8. The number of piperidine rings is 1. The molecule has 0 bridgehead atoms. The number of hydrogen-bond donors (Lipinski definition) is 1. The number of likely N-dealkylation sites (tertiary alicyclic amines) is 1. The largest absolute Gasteiger partial charge is 0.550 e. The van der Waals surface area contributed by atoms with E-state index in [1.165, 1.54) is 13.8 Å². The van der Waals surface area contributed by atoms with Crippen LogP contribution < -0.4 is 10.4 Å². The highest BCUT2D eigenvalue weighted by molar-refractivity contribution is 5.89. The summed E-state index contributed by atoms with van der Waals surface area (Å²) in [5, 5.41) is 15.3. The van der Waals surface area contributed by atoms with Gasteiger partial charge in [-0.25, -0.2) is 0 Å². The minimum absolute atomic E-state index is 0.0259. The first-order valence-electron chi connectivity index (χ1n) is 20.1. The Morgan fingerprint density at radius 2 is 1.62 bits per heavy atom. The molecule has 5 unspecified atom stereocenters. The van der Waals surface area contributed by atoms with Gasteiger partial charge in [0.2, 0.25) is 5.91 Å². The van der Waals surface area contributed by atoms with Crippen molar-refractivity contribution in [1.82, 2.24) is 10.2 Å². The van der Waals surface area contributed by atoms with E-state index in [1.807, 2.05) is 0 Å². The van der Waals surface area contributed by atoms with Gasteiger partial charge in [0.05, 0.1) is 18.0 Å². The predicted molar refractivity (Wildman–Crippen MR) is 191 cm³/mol. The van der Waals surface area contributed by atoms with Crippen LogP contribution in [0.1, 0.15) is 146 Å². The number of aliphatic carboxylic acids is 1. The molecule has 6 aliphatic rings. The summed E-state index contributed by atoms with van der Waals surface area (Å²) in [6.07, 6.45) is 11.2. The highest BCUT2D eigenvalue weighted by atomic mass is 16.5. The Morgan fingerprint density at radius 3 is 2.26 bits per heavy atom. The molecule has 6 rings (SSSR count). The number of fused-ring (bicyclic) bond motifs is 7. The van der Waals surface area contributed by atoms with Crippen LogP contribution in [0.25, 0.3) is 0 Å². The number of hydrogen-bond acceptors (Lipinski definition) is 7. The fraction of sp³-hybridized carbons (Fsp3) is 0.905. The quantitative estimate of drug-likeness (QED) is 0.310. The van der Waals surface area contributed by atoms with Crippen molar-refractivity contribution >= 4 is 23.6 Å². The molecule has 282 valence electrons. The number of carboxylic acid groups (broad SMARTS) is 1. The molecule has 50 heavy (non-hydrogen) atoms. The number of ether oxygens (including phenoxy) is 1. The lowest BCUT2D eigenvalue weighted by Gasteiger charge is -2.73. The molecule has 0 spiro atoms. The molecule has 0 aromatic carbocycles. The van der Waals surface area contributed by atoms with Gasteiger partial charge in [0.25, 0.3) is 0 Å². The molecule has 5 saturated carbocycles. The number of nitrogens with zero attached hydrogens (tertiary/aromatic N) is 1. The number of carboxylic acids is 1. The zero-order valence-corrected chi connectivity index (χ0v) is 32.9. The van der Waals surface area contributed by atoms with Gasteiger partial charge >= 0.3 is 5.97 Å². The van der Waals surface area contributed by atoms with Crippen molar-refractivity contribution in [3.63, 3.8) is 0 Å². The van der Waals surface area contributed by atoms with Crippen LogP contribution in [0.4, 0.5) is 0 Å². The molecule has 8 nitrogen and oxygen atoms in total. The lowest BCUT2D eigenvalue weighted by Crippen LogP contribution is -2.69. The van der Waals surface area contributed by atoms with Crippen molar-refractivity contribution in [2.24, 2.45) is 62.6 Å². The number of amides is 1. The van der Waals surface area contributed by atoms with Crippen molar-refractivity contribution in [3.8, 4) is 0 Å². The second-order valence-electron chi connectivity index (χ2n) is 20.4. The molecule has 11 atom stereocenters. The molecule has 6 fully saturated rings. The fourth-order valence-corrected chi connectivity index (χ4v) is 14.0. The van der Waals surface area contributed by atoms with E-state index in [9.17, 15) is 24.3 Å². The predicted octanol–water partition coefficient (Wildman–Crippen LogP) is 6.33. The molecule has 5 aliphatic carbocycles. The summed E-state index contributed by atoms with van der Waals surface area (Å²) in [6, 6.07) is -0.109. The van der Waals surface area contributed by atoms with E-state index in [-0.39, 0.29) is 63.9 Å². The Hall–Kier alpha value is -1.96. The van der Waals surface area contributed by atoms with Crippen LogP contribution in [-0.2, 0) is 23.9 Å². The number of carbonyl (C=O) groups excluding carboxylic acids is 4. The van der Waals surface area contributed by atoms with E-state index in [0.29, 0.717) is 30.0 Å². The third kappa shape index (κ3) is 5.61. The molecule has 0 radical (unpaired) electrons. The Morgan fingerprint density at radius 1 is 0.920 bits per heavy atom. The van der Waals surface area contributed by atoms with Crippen molar-refractivity contribution in [1.29, 1.82) is 0 Å². The Balaban J connectivity index is 1.27. The van der Waals surface area contributed by atoms with Gasteiger partial charge in [0.15, 0.2) is 0 Å². The molecule has 1 amide bonds. The molecular formula is C42H67N2O6-. The van der Waals surface area contributed by atoms with Crippen molar-refractivity contribution in [2.45, 2.75) is 163 Å². The van der Waals surface area contributed by atoms with Crippen LogP contribution in [0.5, 0.6) is 0 Å². The van der Waals surface area contributed by atoms with Crippen LogP contribution >= 0.6 is 0 Å². The van der Waals surface area contributed by atoms with Crippen LogP contribution in [0, 0.1) is 62.6 Å². The molecule has 1 N–H and O–H groups in total. The molecule has 1 heterocycles. The molecule has 8 heteroatoms. The number of rotatable bonds is 7. The SMILES string of the molecule is CC(C)C1C(=O)C[C@]2(NC(=O)[C@@H]3CCCCN3C)CC[C@]3(C)C(CCC4[C@@]5(C)CC[C@H](OC(=O)CC(C)(C)C(=O)[O-])C(C)(C)C5CC[C@]43C)C12. The first-order chi connectivity index (χ1) is 23.1. The number of esters is 1. The summed E-state index contributed by atoms with van der Waals surface area (Å²) in [7, 11) is 2.07. The first-order valence-corrected chi connectivity index (χ1v) is 20.1. The van der Waals surface area contributed by atoms with Crippen LogP contribution in [-0.4, -0.2) is 59.8 Å². The maximum Gasteiger partial charge on any atom is 0.307 e. The molecule has 1 saturated heterocycles. The fourth-order valence-electron chi connectivity index (χ4n) is 14.0. The first kappa shape index (κ1) is 37.8. The highest BCUT2D eigenvalue weighted by Crippen LogP contribution is 2.76. The average molecular weight is 696 g/mol. The smallest absolute Gasteiger partial charge is 0.307 e. The molecule has 0 aromatic heterocycles. The van der Waals surface area contributed by atoms with Crippen molar-refractivity contribution in [2.75, 3.05) is 13.6 Å². The van der Waals surface area contributed by atoms with Gasteiger partial charge in [-0.05, 0) is 124 Å². The van der Waals surface area contributed by atoms with Crippen LogP contribution in [0.2, 0.25) is 0 Å². The third-order valence-electron chi connectivity index (χ3n) is 16.9. The topological polar surface area (TPSA) is 116 Å². The second kappa shape index (κ2) is 12.6. The summed E-state index contributed by atoms with van der Waals surface area (Å²) >= 11 is 0. The number of Topliss-reactive ketones (excluding diaryl/α,β-unsaturated/α-hetero) is 1. The Bertz CT molecular complexity index is 1390. The average Bonchev–Trinajstić information content (AvgIpc) is 3.30. The van der Waals surface area contributed by atoms with Gasteiger partial charge in [-0.1, -0.05) is 68.7 Å². The van der Waals surface area contributed by atoms with Gasteiger partial charge in [0, 0.05) is 29.1 Å². The van der Waals surface area contributed by atoms with Gasteiger partial charge in [-0.2, -0.15) is 0 Å². The summed E-state index contributed by atoms with van der Waals surface area (Å²) < 4.78 is 6.14. The van der Waals surface area contributed by atoms with Gasteiger partial charge < -0.3 is 20.0 Å². The minimum atomic E-state index is -1.27. The summed E-state index contributed by atoms with van der Waals surface area (Å²) in [5.74, 6) is 0.430. The van der Waals surface area contributed by atoms with E-state index in [2.05, 4.69) is 65.7 Å². The van der Waals surface area contributed by atoms with E-state index in [4.69, 9.17) is 4.74 Å². The Labute approximate surface area is 302 Å². The standard InChI is InChI=1S/C42H68N2O6/c1-25(2)33-28(45)23-42(43-35(47)27-13-11-12-22-44(27)10)21-20-40(8)26(34(33)42)14-15-30-39(7)18-17-31(50-32(46)24-37(3,4)36(48)49)38(5,6)29(39)16-19-41(30,40)9/h25-27,29-31,33-34H,11-24H2,1-10H3,(H,43,47)(H,48,49)/p-1/t26?,27-,29?,30?,31-,33?,34?,39-,40+,41+,42+/m0/s1. The summed E-state index contributed by atoms with van der Waals surface area (Å²) in [4.78, 5) is 55.0. The second-order valence-corrected chi connectivity index (χ2v) is 20.4. The van der Waals surface area contributed by atoms with Crippen LogP contribution in [0.3, 0.4) is 0 Å². The highest BCUT2D eigenvalue weighted by Gasteiger charge is 2.72. The third-order valence-corrected chi connectivity index (χ3v) is 16.9. The number of likely N-dealkylation sites (N-methyl/N-ethyl adjacent to an activating group) is 1. The molecule has 1 aliphatic heterocycles. The number of nitrogens with one attached hydrogen (secondary N) is 1. The normalized spacial score (nSPS) is 44.4. The summed E-state index contributed by atoms with van der Waals surface area (Å²) in [5.41, 5.74) is -1.75. The van der Waals surface area contributed by atoms with Crippen LogP contribution in [0.15, 0.2) is 0 Å². The van der Waals surface area contributed by atoms with Crippen molar-refractivity contribution in [3.05, 3.63) is 0 Å². The Kier molecular flexibility index (Phi) is 9.50. The van der Waals surface area contributed by atoms with E-state index in [0.717, 1.165) is 77.2 Å². The number of carbonyl (C=O) groups is 4. The minimum Gasteiger partial charge on any atom is -0.550 e. The maximum atomic E-state index is 14.1. The van der Waals surface area contributed by atoms with Gasteiger partial charge in [0.1, 0.15) is 11.9 Å². The lowest BCUT2D eigenvalue weighted by atomic mass is 9.32. The van der Waals surface area contributed by atoms with Crippen molar-refractivity contribution < 1.29 is 29.0 Å². The molecular weight excluding hydrogens is 628 g/mol. The monoisotopic (exact) mass is 696 g/mol. The van der Waals surface area contributed by atoms with E-state index < -0.39 is 22.9 Å². The summed E-state index contributed by atoms with van der Waals surface area (Å²) in [6.45, 7) is 20.6. The lowest BCUT2D eigenvalue weighted by molar-refractivity contribution is -0.318. The molecule has 0 aromatic rings. The number of ketones is 1. The van der Waals surface area contributed by atoms with Gasteiger partial charge in [-0.3, -0.25) is 19.3 Å². The van der Waals surface area contributed by atoms with E-state index >= 15 is 0 Å². The van der Waals surface area contributed by atoms with Gasteiger partial charge in [-0.15, -0.1) is 0 Å². The zero-order valence-electron chi connectivity index (χ0n) is 32.9. The van der Waals surface area contributed by atoms with E-state index in [1.54, 1.807) is 0 Å². The maximum absolute atomic E-state index is 14.1.